The predicted octanol–water partition coefficient (Wildman–Crippen LogP) is 3.81. The Bertz CT molecular complexity index is 610. The van der Waals surface area contributed by atoms with E-state index in [0.29, 0.717) is 12.1 Å². The lowest BCUT2D eigenvalue weighted by atomic mass is 10.2. The Kier molecular flexibility index (Phi) is 5.01. The van der Waals surface area contributed by atoms with Crippen LogP contribution in [-0.4, -0.2) is 16.9 Å². The number of ether oxygens (including phenoxy) is 1. The van der Waals surface area contributed by atoms with Gasteiger partial charge in [0.05, 0.1) is 28.6 Å². The van der Waals surface area contributed by atoms with Gasteiger partial charge in [-0.1, -0.05) is 26.0 Å². The quantitative estimate of drug-likeness (QED) is 0.729. The fourth-order valence-electron chi connectivity index (χ4n) is 2.22. The molecule has 0 bridgehead atoms. The van der Waals surface area contributed by atoms with Crippen LogP contribution in [0.25, 0.3) is 0 Å². The van der Waals surface area contributed by atoms with Gasteiger partial charge in [0.15, 0.2) is 11.6 Å². The van der Waals surface area contributed by atoms with E-state index >= 15 is 0 Å². The molecule has 1 aromatic carbocycles. The Labute approximate surface area is 132 Å². The topological polar surface area (TPSA) is 27.1 Å². The van der Waals surface area contributed by atoms with E-state index in [1.54, 1.807) is 18.2 Å². The van der Waals surface area contributed by atoms with Crippen molar-refractivity contribution in [3.63, 3.8) is 0 Å². The van der Waals surface area contributed by atoms with E-state index < -0.39 is 0 Å². The maximum absolute atomic E-state index is 14.2. The van der Waals surface area contributed by atoms with Crippen LogP contribution in [-0.2, 0) is 19.4 Å². The SMILES string of the molecule is CCc1nn(Cc2cccc(OC)c2F)c(CC)c1I. The van der Waals surface area contributed by atoms with Crippen molar-refractivity contribution in [2.75, 3.05) is 7.11 Å². The van der Waals surface area contributed by atoms with Crippen LogP contribution in [0.1, 0.15) is 30.8 Å². The summed E-state index contributed by atoms with van der Waals surface area (Å²) in [4.78, 5) is 0. The third-order valence-electron chi connectivity index (χ3n) is 3.31. The number of hydrogen-bond donors (Lipinski definition) is 0. The van der Waals surface area contributed by atoms with Crippen molar-refractivity contribution < 1.29 is 9.13 Å². The summed E-state index contributed by atoms with van der Waals surface area (Å²) in [6.07, 6.45) is 1.77. The number of methoxy groups -OCH3 is 1. The first-order chi connectivity index (χ1) is 9.62. The van der Waals surface area contributed by atoms with Crippen molar-refractivity contribution in [2.45, 2.75) is 33.2 Å². The number of aromatic nitrogens is 2. The lowest BCUT2D eigenvalue weighted by molar-refractivity contribution is 0.383. The minimum absolute atomic E-state index is 0.276. The van der Waals surface area contributed by atoms with Gasteiger partial charge in [0.25, 0.3) is 0 Å². The first kappa shape index (κ1) is 15.3. The van der Waals surface area contributed by atoms with E-state index in [-0.39, 0.29) is 11.6 Å². The summed E-state index contributed by atoms with van der Waals surface area (Å²) in [5.74, 6) is -0.0290. The molecule has 0 saturated carbocycles. The Balaban J connectivity index is 2.40. The molecule has 0 aliphatic heterocycles. The molecule has 5 heteroatoms. The number of benzene rings is 1. The maximum Gasteiger partial charge on any atom is 0.170 e. The third kappa shape index (κ3) is 2.82. The summed E-state index contributed by atoms with van der Waals surface area (Å²) in [5, 5.41) is 4.59. The molecule has 0 spiro atoms. The molecule has 20 heavy (non-hydrogen) atoms. The minimum atomic E-state index is -0.305. The van der Waals surface area contributed by atoms with Gasteiger partial charge >= 0.3 is 0 Å². The predicted molar refractivity (Wildman–Crippen MR) is 85.8 cm³/mol. The molecule has 1 aromatic heterocycles. The van der Waals surface area contributed by atoms with Gasteiger partial charge in [0.1, 0.15) is 0 Å². The summed E-state index contributed by atoms with van der Waals surface area (Å²) in [6.45, 7) is 4.61. The zero-order valence-electron chi connectivity index (χ0n) is 11.9. The normalized spacial score (nSPS) is 10.8. The van der Waals surface area contributed by atoms with Crippen LogP contribution in [0.5, 0.6) is 5.75 Å². The highest BCUT2D eigenvalue weighted by molar-refractivity contribution is 14.1. The molecule has 0 fully saturated rings. The standard InChI is InChI=1S/C15H18FIN2O/c1-4-11-15(17)12(5-2)19(18-11)9-10-7-6-8-13(20-3)14(10)16/h6-8H,4-5,9H2,1-3H3. The number of hydrogen-bond acceptors (Lipinski definition) is 2. The molecular weight excluding hydrogens is 370 g/mol. The van der Waals surface area contributed by atoms with E-state index in [4.69, 9.17) is 4.74 Å². The van der Waals surface area contributed by atoms with Crippen molar-refractivity contribution >= 4 is 22.6 Å². The minimum Gasteiger partial charge on any atom is -0.494 e. The van der Waals surface area contributed by atoms with Crippen LogP contribution >= 0.6 is 22.6 Å². The van der Waals surface area contributed by atoms with Gasteiger partial charge in [-0.2, -0.15) is 5.10 Å². The molecule has 0 atom stereocenters. The van der Waals surface area contributed by atoms with Crippen LogP contribution in [0.4, 0.5) is 4.39 Å². The molecule has 1 heterocycles. The second-order valence-corrected chi connectivity index (χ2v) is 5.58. The number of aryl methyl sites for hydroxylation is 1. The zero-order chi connectivity index (χ0) is 14.7. The molecule has 0 N–H and O–H groups in total. The lowest BCUT2D eigenvalue weighted by Gasteiger charge is -2.09. The second kappa shape index (κ2) is 6.56. The average Bonchev–Trinajstić information content (AvgIpc) is 2.76. The lowest BCUT2D eigenvalue weighted by Crippen LogP contribution is -2.08. The molecule has 0 aliphatic rings. The van der Waals surface area contributed by atoms with Crippen molar-refractivity contribution in [1.29, 1.82) is 0 Å². The molecular formula is C15H18FIN2O. The number of rotatable bonds is 5. The largest absolute Gasteiger partial charge is 0.494 e. The molecule has 3 nitrogen and oxygen atoms in total. The Morgan fingerprint density at radius 2 is 2.05 bits per heavy atom. The highest BCUT2D eigenvalue weighted by atomic mass is 127. The van der Waals surface area contributed by atoms with Crippen molar-refractivity contribution in [3.8, 4) is 5.75 Å². The van der Waals surface area contributed by atoms with E-state index in [9.17, 15) is 4.39 Å². The number of nitrogens with zero attached hydrogens (tertiary/aromatic N) is 2. The third-order valence-corrected chi connectivity index (χ3v) is 4.56. The molecule has 2 aromatic rings. The fraction of sp³-hybridized carbons (Fsp3) is 0.400. The molecule has 0 amide bonds. The highest BCUT2D eigenvalue weighted by Crippen LogP contribution is 2.23. The number of halogens is 2. The van der Waals surface area contributed by atoms with Crippen LogP contribution in [0.3, 0.4) is 0 Å². The monoisotopic (exact) mass is 388 g/mol. The smallest absolute Gasteiger partial charge is 0.170 e. The summed E-state index contributed by atoms with van der Waals surface area (Å²) in [5.41, 5.74) is 2.83. The molecule has 0 radical (unpaired) electrons. The first-order valence-corrected chi connectivity index (χ1v) is 7.75. The maximum atomic E-state index is 14.2. The molecule has 0 aliphatic carbocycles. The first-order valence-electron chi connectivity index (χ1n) is 6.67. The van der Waals surface area contributed by atoms with Gasteiger partial charge in [0.2, 0.25) is 0 Å². The van der Waals surface area contributed by atoms with Gasteiger partial charge in [-0.15, -0.1) is 0 Å². The Morgan fingerprint density at radius 3 is 2.65 bits per heavy atom. The van der Waals surface area contributed by atoms with Gasteiger partial charge in [-0.25, -0.2) is 4.39 Å². The second-order valence-electron chi connectivity index (χ2n) is 4.51. The highest BCUT2D eigenvalue weighted by Gasteiger charge is 2.15. The van der Waals surface area contributed by atoms with Crippen LogP contribution in [0.15, 0.2) is 18.2 Å². The van der Waals surface area contributed by atoms with Crippen molar-refractivity contribution in [2.24, 2.45) is 0 Å². The Hall–Kier alpha value is -1.11. The van der Waals surface area contributed by atoms with E-state index in [2.05, 4.69) is 41.5 Å². The summed E-state index contributed by atoms with van der Waals surface area (Å²) in [6, 6.07) is 5.21. The Morgan fingerprint density at radius 1 is 1.30 bits per heavy atom. The molecule has 2 rings (SSSR count). The summed E-state index contributed by atoms with van der Waals surface area (Å²) >= 11 is 2.33. The average molecular weight is 388 g/mol. The van der Waals surface area contributed by atoms with Gasteiger partial charge < -0.3 is 4.74 Å². The van der Waals surface area contributed by atoms with Crippen LogP contribution in [0.2, 0.25) is 0 Å². The van der Waals surface area contributed by atoms with Gasteiger partial charge in [-0.3, -0.25) is 4.68 Å². The van der Waals surface area contributed by atoms with Crippen LogP contribution in [0, 0.1) is 9.39 Å². The van der Waals surface area contributed by atoms with Gasteiger partial charge in [-0.05, 0) is 41.5 Å². The molecule has 0 saturated heterocycles. The summed E-state index contributed by atoms with van der Waals surface area (Å²) < 4.78 is 22.3. The van der Waals surface area contributed by atoms with Crippen LogP contribution < -0.4 is 4.74 Å². The molecule has 0 unspecified atom stereocenters. The van der Waals surface area contributed by atoms with E-state index in [1.807, 2.05) is 4.68 Å². The van der Waals surface area contributed by atoms with Crippen molar-refractivity contribution in [3.05, 3.63) is 44.5 Å². The fourth-order valence-corrected chi connectivity index (χ4v) is 3.37. The summed E-state index contributed by atoms with van der Waals surface area (Å²) in [7, 11) is 1.48. The van der Waals surface area contributed by atoms with E-state index in [1.165, 1.54) is 10.7 Å². The zero-order valence-corrected chi connectivity index (χ0v) is 14.1. The van der Waals surface area contributed by atoms with Crippen molar-refractivity contribution in [1.82, 2.24) is 9.78 Å². The van der Waals surface area contributed by atoms with E-state index in [0.717, 1.165) is 24.2 Å². The molecule has 108 valence electrons. The van der Waals surface area contributed by atoms with Gasteiger partial charge in [0, 0.05) is 5.56 Å².